The molecule has 3 nitrogen and oxygen atoms in total. The maximum absolute atomic E-state index is 11.5. The zero-order valence-corrected chi connectivity index (χ0v) is 12.9. The smallest absolute Gasteiger partial charge is 0.308 e. The fourth-order valence-electron chi connectivity index (χ4n) is 4.33. The standard InChI is InChI=1S/C18H25NO2/c1-12(2)10-17(13-6-4-3-5-7-13)19-14-8-9-16(19)15(11-14)18(20)21/h3-7,12,14-17H,8-11H2,1-2H3,(H,20,21). The molecule has 0 amide bonds. The molecule has 0 aromatic heterocycles. The van der Waals surface area contributed by atoms with Crippen LogP contribution in [-0.2, 0) is 4.79 Å². The van der Waals surface area contributed by atoms with Crippen LogP contribution in [0.3, 0.4) is 0 Å². The lowest BCUT2D eigenvalue weighted by molar-refractivity contribution is -0.142. The van der Waals surface area contributed by atoms with E-state index >= 15 is 0 Å². The molecule has 2 heterocycles. The summed E-state index contributed by atoms with van der Waals surface area (Å²) in [6, 6.07) is 11.7. The summed E-state index contributed by atoms with van der Waals surface area (Å²) < 4.78 is 0. The molecule has 114 valence electrons. The Labute approximate surface area is 127 Å². The third kappa shape index (κ3) is 2.71. The van der Waals surface area contributed by atoms with E-state index in [0.717, 1.165) is 25.7 Å². The molecule has 2 aliphatic rings. The monoisotopic (exact) mass is 287 g/mol. The second-order valence-corrected chi connectivity index (χ2v) is 6.98. The van der Waals surface area contributed by atoms with Gasteiger partial charge in [0.2, 0.25) is 0 Å². The van der Waals surface area contributed by atoms with Gasteiger partial charge in [-0.05, 0) is 37.2 Å². The Morgan fingerprint density at radius 2 is 2.00 bits per heavy atom. The highest BCUT2D eigenvalue weighted by Crippen LogP contribution is 2.48. The van der Waals surface area contributed by atoms with E-state index in [9.17, 15) is 9.90 Å². The van der Waals surface area contributed by atoms with Gasteiger partial charge >= 0.3 is 5.97 Å². The van der Waals surface area contributed by atoms with E-state index in [-0.39, 0.29) is 12.0 Å². The van der Waals surface area contributed by atoms with Crippen molar-refractivity contribution in [1.82, 2.24) is 4.90 Å². The zero-order chi connectivity index (χ0) is 15.0. The van der Waals surface area contributed by atoms with E-state index in [4.69, 9.17) is 0 Å². The van der Waals surface area contributed by atoms with Gasteiger partial charge in [0, 0.05) is 18.1 Å². The highest BCUT2D eigenvalue weighted by atomic mass is 16.4. The Kier molecular flexibility index (Phi) is 4.03. The Hall–Kier alpha value is -1.35. The van der Waals surface area contributed by atoms with Crippen molar-refractivity contribution in [3.8, 4) is 0 Å². The zero-order valence-electron chi connectivity index (χ0n) is 12.9. The maximum atomic E-state index is 11.5. The normalized spacial score (nSPS) is 30.0. The molecule has 21 heavy (non-hydrogen) atoms. The number of rotatable bonds is 5. The second kappa shape index (κ2) is 5.80. The SMILES string of the molecule is CC(C)CC(c1ccccc1)N1C2CCC1C(C(=O)O)C2. The number of carboxylic acids is 1. The topological polar surface area (TPSA) is 40.5 Å². The average molecular weight is 287 g/mol. The molecule has 3 rings (SSSR count). The van der Waals surface area contributed by atoms with Gasteiger partial charge in [0.05, 0.1) is 5.92 Å². The summed E-state index contributed by atoms with van der Waals surface area (Å²) in [6.45, 7) is 4.51. The summed E-state index contributed by atoms with van der Waals surface area (Å²) in [5.41, 5.74) is 1.34. The van der Waals surface area contributed by atoms with Gasteiger partial charge in [-0.3, -0.25) is 9.69 Å². The van der Waals surface area contributed by atoms with Gasteiger partial charge in [-0.1, -0.05) is 44.2 Å². The van der Waals surface area contributed by atoms with Gasteiger partial charge in [0.1, 0.15) is 0 Å². The van der Waals surface area contributed by atoms with Crippen molar-refractivity contribution < 1.29 is 9.90 Å². The molecule has 3 heteroatoms. The van der Waals surface area contributed by atoms with E-state index in [0.29, 0.717) is 18.0 Å². The fraction of sp³-hybridized carbons (Fsp3) is 0.611. The molecule has 2 aliphatic heterocycles. The summed E-state index contributed by atoms with van der Waals surface area (Å²) in [5.74, 6) is -0.163. The van der Waals surface area contributed by atoms with Gasteiger partial charge in [0.15, 0.2) is 0 Å². The summed E-state index contributed by atoms with van der Waals surface area (Å²) in [4.78, 5) is 14.0. The predicted molar refractivity (Wildman–Crippen MR) is 83.0 cm³/mol. The van der Waals surface area contributed by atoms with Gasteiger partial charge in [-0.15, -0.1) is 0 Å². The first-order valence-electron chi connectivity index (χ1n) is 8.13. The Morgan fingerprint density at radius 3 is 2.57 bits per heavy atom. The third-order valence-electron chi connectivity index (χ3n) is 5.15. The second-order valence-electron chi connectivity index (χ2n) is 6.98. The number of benzene rings is 1. The van der Waals surface area contributed by atoms with Crippen LogP contribution < -0.4 is 0 Å². The maximum Gasteiger partial charge on any atom is 0.308 e. The van der Waals surface area contributed by atoms with E-state index in [1.54, 1.807) is 0 Å². The molecule has 1 aromatic carbocycles. The lowest BCUT2D eigenvalue weighted by Crippen LogP contribution is -2.36. The van der Waals surface area contributed by atoms with Crippen molar-refractivity contribution in [2.75, 3.05) is 0 Å². The quantitative estimate of drug-likeness (QED) is 0.897. The van der Waals surface area contributed by atoms with Crippen molar-refractivity contribution in [3.63, 3.8) is 0 Å². The molecule has 0 saturated carbocycles. The molecule has 2 bridgehead atoms. The Balaban J connectivity index is 1.89. The number of hydrogen-bond donors (Lipinski definition) is 1. The van der Waals surface area contributed by atoms with Crippen LogP contribution in [0.2, 0.25) is 0 Å². The largest absolute Gasteiger partial charge is 0.481 e. The highest BCUT2D eigenvalue weighted by molar-refractivity contribution is 5.71. The van der Waals surface area contributed by atoms with E-state index in [1.165, 1.54) is 5.56 Å². The van der Waals surface area contributed by atoms with Crippen molar-refractivity contribution in [1.29, 1.82) is 0 Å². The van der Waals surface area contributed by atoms with Crippen LogP contribution in [0.25, 0.3) is 0 Å². The van der Waals surface area contributed by atoms with Crippen molar-refractivity contribution in [3.05, 3.63) is 35.9 Å². The first kappa shape index (κ1) is 14.6. The lowest BCUT2D eigenvalue weighted by atomic mass is 9.89. The average Bonchev–Trinajstić information content (AvgIpc) is 3.03. The van der Waals surface area contributed by atoms with E-state index in [1.807, 2.05) is 0 Å². The molecule has 4 atom stereocenters. The summed E-state index contributed by atoms with van der Waals surface area (Å²) >= 11 is 0. The molecule has 1 N–H and O–H groups in total. The summed E-state index contributed by atoms with van der Waals surface area (Å²) in [7, 11) is 0. The molecular formula is C18H25NO2. The van der Waals surface area contributed by atoms with E-state index in [2.05, 4.69) is 49.1 Å². The number of nitrogens with zero attached hydrogens (tertiary/aromatic N) is 1. The van der Waals surface area contributed by atoms with Gasteiger partial charge in [-0.2, -0.15) is 0 Å². The lowest BCUT2D eigenvalue weighted by Gasteiger charge is -2.34. The minimum Gasteiger partial charge on any atom is -0.481 e. The number of carbonyl (C=O) groups is 1. The third-order valence-corrected chi connectivity index (χ3v) is 5.15. The molecule has 1 aromatic rings. The molecule has 2 saturated heterocycles. The van der Waals surface area contributed by atoms with Crippen LogP contribution in [0, 0.1) is 11.8 Å². The van der Waals surface area contributed by atoms with Crippen LogP contribution in [0.15, 0.2) is 30.3 Å². The summed E-state index contributed by atoms with van der Waals surface area (Å²) in [5, 5.41) is 9.46. The number of carboxylic acid groups (broad SMARTS) is 1. The van der Waals surface area contributed by atoms with E-state index < -0.39 is 5.97 Å². The van der Waals surface area contributed by atoms with Crippen molar-refractivity contribution in [2.24, 2.45) is 11.8 Å². The van der Waals surface area contributed by atoms with Crippen LogP contribution >= 0.6 is 0 Å². The van der Waals surface area contributed by atoms with Crippen LogP contribution in [-0.4, -0.2) is 28.1 Å². The van der Waals surface area contributed by atoms with Crippen LogP contribution in [0.4, 0.5) is 0 Å². The molecule has 2 fully saturated rings. The van der Waals surface area contributed by atoms with Crippen molar-refractivity contribution in [2.45, 2.75) is 57.7 Å². The molecule has 4 unspecified atom stereocenters. The minimum absolute atomic E-state index is 0.165. The van der Waals surface area contributed by atoms with Gasteiger partial charge < -0.3 is 5.11 Å². The molecular weight excluding hydrogens is 262 g/mol. The first-order valence-corrected chi connectivity index (χ1v) is 8.13. The number of hydrogen-bond acceptors (Lipinski definition) is 2. The van der Waals surface area contributed by atoms with Gasteiger partial charge in [0.25, 0.3) is 0 Å². The minimum atomic E-state index is -0.608. The number of aliphatic carboxylic acids is 1. The van der Waals surface area contributed by atoms with Gasteiger partial charge in [-0.25, -0.2) is 0 Å². The highest BCUT2D eigenvalue weighted by Gasteiger charge is 2.51. The first-order chi connectivity index (χ1) is 10.1. The Bertz CT molecular complexity index is 499. The molecule has 0 spiro atoms. The van der Waals surface area contributed by atoms with Crippen LogP contribution in [0.5, 0.6) is 0 Å². The molecule has 0 aliphatic carbocycles. The van der Waals surface area contributed by atoms with Crippen LogP contribution in [0.1, 0.15) is 51.1 Å². The number of fused-ring (bicyclic) bond motifs is 2. The predicted octanol–water partition coefficient (Wildman–Crippen LogP) is 3.71. The summed E-state index contributed by atoms with van der Waals surface area (Å²) in [6.07, 6.45) is 4.14. The molecule has 0 radical (unpaired) electrons. The van der Waals surface area contributed by atoms with Crippen molar-refractivity contribution >= 4 is 5.97 Å². The Morgan fingerprint density at radius 1 is 1.29 bits per heavy atom. The fourth-order valence-corrected chi connectivity index (χ4v) is 4.33.